The van der Waals surface area contributed by atoms with Gasteiger partial charge in [0.1, 0.15) is 5.82 Å². The summed E-state index contributed by atoms with van der Waals surface area (Å²) in [4.78, 5) is 11.1. The van der Waals surface area contributed by atoms with Crippen LogP contribution in [0.15, 0.2) is 18.2 Å². The highest BCUT2D eigenvalue weighted by atomic mass is 19.1. The Morgan fingerprint density at radius 2 is 1.88 bits per heavy atom. The molecule has 0 bridgehead atoms. The maximum atomic E-state index is 13.3. The molecule has 0 radical (unpaired) electrons. The summed E-state index contributed by atoms with van der Waals surface area (Å²) in [6.07, 6.45) is 3.75. The van der Waals surface area contributed by atoms with Gasteiger partial charge in [-0.1, -0.05) is 26.7 Å². The molecule has 0 aliphatic rings. The van der Waals surface area contributed by atoms with Crippen LogP contribution in [-0.2, 0) is 0 Å². The Kier molecular flexibility index (Phi) is 5.13. The summed E-state index contributed by atoms with van der Waals surface area (Å²) in [5, 5.41) is 9.12. The molecule has 0 saturated carbocycles. The van der Waals surface area contributed by atoms with Gasteiger partial charge < -0.3 is 5.11 Å². The first-order valence-electron chi connectivity index (χ1n) is 6.12. The van der Waals surface area contributed by atoms with Gasteiger partial charge in [-0.05, 0) is 42.5 Å². The van der Waals surface area contributed by atoms with Crippen molar-refractivity contribution in [3.8, 4) is 0 Å². The Balaban J connectivity index is 3.14. The number of benzene rings is 1. The van der Waals surface area contributed by atoms with E-state index in [1.807, 2.05) is 0 Å². The zero-order valence-corrected chi connectivity index (χ0v) is 10.4. The van der Waals surface area contributed by atoms with Gasteiger partial charge in [-0.2, -0.15) is 0 Å². The average molecular weight is 238 g/mol. The van der Waals surface area contributed by atoms with Gasteiger partial charge in [0.25, 0.3) is 0 Å². The van der Waals surface area contributed by atoms with Crippen LogP contribution in [0.2, 0.25) is 0 Å². The third kappa shape index (κ3) is 3.55. The highest BCUT2D eigenvalue weighted by Crippen LogP contribution is 2.29. The molecule has 3 heteroatoms. The second-order valence-electron chi connectivity index (χ2n) is 4.31. The molecule has 0 aromatic heterocycles. The molecule has 0 heterocycles. The predicted molar refractivity (Wildman–Crippen MR) is 65.9 cm³/mol. The minimum absolute atomic E-state index is 0.145. The third-order valence-corrected chi connectivity index (χ3v) is 2.96. The quantitative estimate of drug-likeness (QED) is 0.806. The summed E-state index contributed by atoms with van der Waals surface area (Å²) in [5.41, 5.74) is 0.875. The van der Waals surface area contributed by atoms with E-state index in [1.165, 1.54) is 18.2 Å². The van der Waals surface area contributed by atoms with Crippen LogP contribution >= 0.6 is 0 Å². The predicted octanol–water partition coefficient (Wildman–Crippen LogP) is 4.21. The van der Waals surface area contributed by atoms with Crippen LogP contribution < -0.4 is 0 Å². The molecule has 94 valence electrons. The Morgan fingerprint density at radius 3 is 2.35 bits per heavy atom. The van der Waals surface area contributed by atoms with E-state index >= 15 is 0 Å². The van der Waals surface area contributed by atoms with Gasteiger partial charge in [0.2, 0.25) is 0 Å². The van der Waals surface area contributed by atoms with Crippen LogP contribution in [0.25, 0.3) is 0 Å². The maximum absolute atomic E-state index is 13.3. The smallest absolute Gasteiger partial charge is 0.335 e. The molecular weight excluding hydrogens is 219 g/mol. The number of aromatic carboxylic acids is 1. The first kappa shape index (κ1) is 13.7. The maximum Gasteiger partial charge on any atom is 0.335 e. The molecule has 1 aromatic carbocycles. The highest BCUT2D eigenvalue weighted by Gasteiger charge is 2.18. The largest absolute Gasteiger partial charge is 0.478 e. The lowest BCUT2D eigenvalue weighted by atomic mass is 9.87. The number of hydrogen-bond donors (Lipinski definition) is 1. The van der Waals surface area contributed by atoms with Gasteiger partial charge in [0.15, 0.2) is 0 Å². The van der Waals surface area contributed by atoms with Crippen molar-refractivity contribution in [2.75, 3.05) is 0 Å². The third-order valence-electron chi connectivity index (χ3n) is 2.96. The number of carboxylic acids is 1. The van der Waals surface area contributed by atoms with Crippen molar-refractivity contribution < 1.29 is 14.3 Å². The molecule has 1 aromatic rings. The lowest BCUT2D eigenvalue weighted by Crippen LogP contribution is -2.08. The van der Waals surface area contributed by atoms with E-state index in [4.69, 9.17) is 5.11 Å². The van der Waals surface area contributed by atoms with Crippen LogP contribution in [0, 0.1) is 5.82 Å². The summed E-state index contributed by atoms with van der Waals surface area (Å²) < 4.78 is 13.3. The standard InChI is InChI=1S/C14H19FO2/c1-3-5-10(6-4-2)13-9-11(15)7-8-12(13)14(16)17/h7-10H,3-6H2,1-2H3,(H,16,17). The van der Waals surface area contributed by atoms with Crippen molar-refractivity contribution in [1.82, 2.24) is 0 Å². The second-order valence-corrected chi connectivity index (χ2v) is 4.31. The molecule has 0 spiro atoms. The van der Waals surface area contributed by atoms with Gasteiger partial charge >= 0.3 is 5.97 Å². The second kappa shape index (κ2) is 6.38. The van der Waals surface area contributed by atoms with Crippen molar-refractivity contribution in [2.45, 2.75) is 45.4 Å². The molecule has 0 fully saturated rings. The summed E-state index contributed by atoms with van der Waals surface area (Å²) in [6, 6.07) is 3.95. The zero-order valence-electron chi connectivity index (χ0n) is 10.4. The Labute approximate surface area is 101 Å². The van der Waals surface area contributed by atoms with Crippen LogP contribution in [-0.4, -0.2) is 11.1 Å². The Hall–Kier alpha value is -1.38. The van der Waals surface area contributed by atoms with Gasteiger partial charge in [-0.25, -0.2) is 9.18 Å². The first-order chi connectivity index (χ1) is 8.10. The number of halogens is 1. The molecule has 0 aliphatic carbocycles. The molecule has 0 aliphatic heterocycles. The van der Waals surface area contributed by atoms with E-state index < -0.39 is 5.97 Å². The van der Waals surface area contributed by atoms with E-state index in [2.05, 4.69) is 13.8 Å². The molecule has 0 amide bonds. The summed E-state index contributed by atoms with van der Waals surface area (Å²) in [6.45, 7) is 4.12. The normalized spacial score (nSPS) is 10.8. The minimum atomic E-state index is -0.975. The number of rotatable bonds is 6. The van der Waals surface area contributed by atoms with E-state index in [0.29, 0.717) is 5.56 Å². The number of carboxylic acid groups (broad SMARTS) is 1. The molecule has 1 rings (SSSR count). The Bertz CT molecular complexity index is 382. The summed E-state index contributed by atoms with van der Waals surface area (Å²) in [5.74, 6) is -1.19. The van der Waals surface area contributed by atoms with Gasteiger partial charge in [-0.15, -0.1) is 0 Å². The number of carbonyl (C=O) groups is 1. The van der Waals surface area contributed by atoms with Gasteiger partial charge in [0, 0.05) is 0 Å². The van der Waals surface area contributed by atoms with Crippen molar-refractivity contribution in [3.05, 3.63) is 35.1 Å². The van der Waals surface area contributed by atoms with Gasteiger partial charge in [-0.3, -0.25) is 0 Å². The molecule has 17 heavy (non-hydrogen) atoms. The van der Waals surface area contributed by atoms with Crippen LogP contribution in [0.1, 0.15) is 61.4 Å². The lowest BCUT2D eigenvalue weighted by Gasteiger charge is -2.18. The molecule has 0 unspecified atom stereocenters. The zero-order chi connectivity index (χ0) is 12.8. The lowest BCUT2D eigenvalue weighted by molar-refractivity contribution is 0.0695. The molecule has 0 saturated heterocycles. The molecule has 0 atom stereocenters. The monoisotopic (exact) mass is 238 g/mol. The van der Waals surface area contributed by atoms with Crippen LogP contribution in [0.5, 0.6) is 0 Å². The van der Waals surface area contributed by atoms with Crippen molar-refractivity contribution in [3.63, 3.8) is 0 Å². The topological polar surface area (TPSA) is 37.3 Å². The Morgan fingerprint density at radius 1 is 1.29 bits per heavy atom. The summed E-state index contributed by atoms with van der Waals surface area (Å²) in [7, 11) is 0. The van der Waals surface area contributed by atoms with Gasteiger partial charge in [0.05, 0.1) is 5.56 Å². The van der Waals surface area contributed by atoms with Crippen molar-refractivity contribution >= 4 is 5.97 Å². The van der Waals surface area contributed by atoms with Crippen molar-refractivity contribution in [2.24, 2.45) is 0 Å². The fraction of sp³-hybridized carbons (Fsp3) is 0.500. The molecule has 2 nitrogen and oxygen atoms in total. The van der Waals surface area contributed by atoms with E-state index in [0.717, 1.165) is 25.7 Å². The van der Waals surface area contributed by atoms with E-state index in [1.54, 1.807) is 0 Å². The van der Waals surface area contributed by atoms with Crippen molar-refractivity contribution in [1.29, 1.82) is 0 Å². The van der Waals surface area contributed by atoms with E-state index in [9.17, 15) is 9.18 Å². The fourth-order valence-corrected chi connectivity index (χ4v) is 2.22. The minimum Gasteiger partial charge on any atom is -0.478 e. The van der Waals surface area contributed by atoms with E-state index in [-0.39, 0.29) is 17.3 Å². The molecular formula is C14H19FO2. The first-order valence-corrected chi connectivity index (χ1v) is 6.12. The molecule has 1 N–H and O–H groups in total. The average Bonchev–Trinajstić information content (AvgIpc) is 2.28. The fourth-order valence-electron chi connectivity index (χ4n) is 2.22. The summed E-state index contributed by atoms with van der Waals surface area (Å²) >= 11 is 0. The van der Waals surface area contributed by atoms with Crippen LogP contribution in [0.3, 0.4) is 0 Å². The number of hydrogen-bond acceptors (Lipinski definition) is 1. The SMILES string of the molecule is CCCC(CCC)c1cc(F)ccc1C(=O)O. The highest BCUT2D eigenvalue weighted by molar-refractivity contribution is 5.89. The van der Waals surface area contributed by atoms with Crippen LogP contribution in [0.4, 0.5) is 4.39 Å².